The summed E-state index contributed by atoms with van der Waals surface area (Å²) in [5.74, 6) is -2.24. The number of amides is 3. The van der Waals surface area contributed by atoms with Crippen LogP contribution >= 0.6 is 27.5 Å². The highest BCUT2D eigenvalue weighted by Gasteiger charge is 2.50. The Balaban J connectivity index is 1.24. The first-order valence-electron chi connectivity index (χ1n) is 12.7. The Hall–Kier alpha value is -3.49. The van der Waals surface area contributed by atoms with E-state index in [1.165, 1.54) is 22.6 Å². The number of fused-ring (bicyclic) bond motifs is 1. The van der Waals surface area contributed by atoms with E-state index < -0.39 is 18.5 Å². The van der Waals surface area contributed by atoms with Gasteiger partial charge in [0.2, 0.25) is 11.8 Å². The number of rotatable bonds is 6. The van der Waals surface area contributed by atoms with E-state index in [4.69, 9.17) is 16.3 Å². The van der Waals surface area contributed by atoms with Crippen molar-refractivity contribution >= 4 is 62.6 Å². The van der Waals surface area contributed by atoms with Crippen LogP contribution in [0.2, 0.25) is 5.02 Å². The molecule has 1 aliphatic carbocycles. The Morgan fingerprint density at radius 2 is 1.74 bits per heavy atom. The number of hydrogen-bond donors (Lipinski definition) is 1. The van der Waals surface area contributed by atoms with Crippen LogP contribution < -0.4 is 10.2 Å². The Morgan fingerprint density at radius 1 is 1.00 bits per heavy atom. The molecule has 2 fully saturated rings. The molecule has 3 aromatic rings. The normalized spacial score (nSPS) is 20.5. The molecule has 0 unspecified atom stereocenters. The van der Waals surface area contributed by atoms with Gasteiger partial charge in [0.1, 0.15) is 0 Å². The number of carbonyl (C=O) groups excluding carboxylic acids is 4. The number of nitrogens with one attached hydrogen (secondary N) is 1. The Kier molecular flexibility index (Phi) is 7.86. The molecule has 3 amide bonds. The average Bonchev–Trinajstić information content (AvgIpc) is 3.19. The third-order valence-corrected chi connectivity index (χ3v) is 8.61. The van der Waals surface area contributed by atoms with Crippen LogP contribution in [0.15, 0.2) is 71.2 Å². The van der Waals surface area contributed by atoms with Crippen LogP contribution in [0.5, 0.6) is 0 Å². The number of aryl methyl sites for hydroxylation is 1. The molecule has 9 heteroatoms. The lowest BCUT2D eigenvalue weighted by molar-refractivity contribution is -0.122. The largest absolute Gasteiger partial charge is 0.452 e. The minimum Gasteiger partial charge on any atom is -0.452 e. The Labute approximate surface area is 239 Å². The Morgan fingerprint density at radius 3 is 2.51 bits per heavy atom. The first kappa shape index (κ1) is 27.1. The fourth-order valence-corrected chi connectivity index (χ4v) is 6.04. The van der Waals surface area contributed by atoms with E-state index in [1.807, 2.05) is 25.1 Å². The zero-order valence-electron chi connectivity index (χ0n) is 21.2. The summed E-state index contributed by atoms with van der Waals surface area (Å²) in [5, 5.41) is 3.11. The van der Waals surface area contributed by atoms with Crippen LogP contribution in [-0.2, 0) is 19.1 Å². The molecule has 0 spiro atoms. The fraction of sp³-hybridized carbons (Fsp3) is 0.267. The summed E-state index contributed by atoms with van der Waals surface area (Å²) in [5.41, 5.74) is 2.94. The highest BCUT2D eigenvalue weighted by Crippen LogP contribution is 2.45. The second-order valence-corrected chi connectivity index (χ2v) is 11.2. The molecule has 200 valence electrons. The predicted octanol–water partition coefficient (Wildman–Crippen LogP) is 6.28. The summed E-state index contributed by atoms with van der Waals surface area (Å²) < 4.78 is 5.91. The maximum absolute atomic E-state index is 13.4. The molecule has 0 bridgehead atoms. The molecular weight excluding hydrogens is 584 g/mol. The summed E-state index contributed by atoms with van der Waals surface area (Å²) in [7, 11) is 0. The van der Waals surface area contributed by atoms with Crippen LogP contribution in [0.25, 0.3) is 0 Å². The zero-order valence-corrected chi connectivity index (χ0v) is 23.5. The lowest BCUT2D eigenvalue weighted by Crippen LogP contribution is -2.31. The molecule has 3 aromatic carbocycles. The van der Waals surface area contributed by atoms with Crippen molar-refractivity contribution in [2.45, 2.75) is 32.1 Å². The molecule has 1 saturated heterocycles. The predicted molar refractivity (Wildman–Crippen MR) is 152 cm³/mol. The molecule has 39 heavy (non-hydrogen) atoms. The third-order valence-electron chi connectivity index (χ3n) is 7.41. The summed E-state index contributed by atoms with van der Waals surface area (Å²) in [6, 6.07) is 19.6. The summed E-state index contributed by atoms with van der Waals surface area (Å²) >= 11 is 9.44. The van der Waals surface area contributed by atoms with E-state index >= 15 is 0 Å². The lowest BCUT2D eigenvalue weighted by atomic mass is 9.73. The highest BCUT2D eigenvalue weighted by atomic mass is 79.9. The van der Waals surface area contributed by atoms with E-state index in [1.54, 1.807) is 24.3 Å². The maximum Gasteiger partial charge on any atom is 0.338 e. The second-order valence-electron chi connectivity index (χ2n) is 9.90. The fourth-order valence-electron chi connectivity index (χ4n) is 5.42. The first-order valence-corrected chi connectivity index (χ1v) is 13.9. The molecule has 1 heterocycles. The number of nitrogens with zero attached hydrogens (tertiary/aromatic N) is 1. The van der Waals surface area contributed by atoms with Crippen LogP contribution in [0.1, 0.15) is 46.7 Å². The van der Waals surface area contributed by atoms with Crippen molar-refractivity contribution in [1.29, 1.82) is 0 Å². The third kappa shape index (κ3) is 5.63. The van der Waals surface area contributed by atoms with Crippen molar-refractivity contribution in [3.05, 3.63) is 92.9 Å². The number of halogens is 2. The molecule has 3 atom stereocenters. The number of carbonyl (C=O) groups is 4. The topological polar surface area (TPSA) is 92.8 Å². The number of anilines is 2. The standard InChI is InChI=1S/C30H26BrClN2O5/c1-17-12-24(31)25(32)15-26(17)33-27(35)16-39-30(38)20-8-5-9-21(13-20)34-28(36)22-11-10-19(14-23(22)29(34)37)18-6-3-2-4-7-18/h2-9,12-13,15,19,22-23H,10-11,14,16H2,1H3,(H,33,35)/t19-,22+,23+/m0/s1. The van der Waals surface area contributed by atoms with E-state index in [0.717, 1.165) is 12.0 Å². The van der Waals surface area contributed by atoms with Gasteiger partial charge in [0.15, 0.2) is 6.61 Å². The number of hydrogen-bond acceptors (Lipinski definition) is 5. The second kappa shape index (κ2) is 11.3. The van der Waals surface area contributed by atoms with Gasteiger partial charge in [-0.15, -0.1) is 0 Å². The molecular formula is C30H26BrClN2O5. The van der Waals surface area contributed by atoms with Crippen LogP contribution in [0.4, 0.5) is 11.4 Å². The van der Waals surface area contributed by atoms with Gasteiger partial charge in [-0.1, -0.05) is 48.0 Å². The van der Waals surface area contributed by atoms with E-state index in [9.17, 15) is 19.2 Å². The maximum atomic E-state index is 13.4. The Bertz CT molecular complexity index is 1460. The van der Waals surface area contributed by atoms with Gasteiger partial charge < -0.3 is 10.1 Å². The highest BCUT2D eigenvalue weighted by molar-refractivity contribution is 9.10. The average molecular weight is 610 g/mol. The lowest BCUT2D eigenvalue weighted by Gasteiger charge is -2.28. The first-order chi connectivity index (χ1) is 18.7. The molecule has 1 aliphatic heterocycles. The van der Waals surface area contributed by atoms with Crippen molar-refractivity contribution in [1.82, 2.24) is 0 Å². The van der Waals surface area contributed by atoms with Crippen LogP contribution in [0.3, 0.4) is 0 Å². The van der Waals surface area contributed by atoms with Crippen molar-refractivity contribution < 1.29 is 23.9 Å². The van der Waals surface area contributed by atoms with Crippen molar-refractivity contribution in [3.8, 4) is 0 Å². The van der Waals surface area contributed by atoms with Crippen molar-refractivity contribution in [2.75, 3.05) is 16.8 Å². The van der Waals surface area contributed by atoms with E-state index in [-0.39, 0.29) is 35.1 Å². The van der Waals surface area contributed by atoms with Gasteiger partial charge in [-0.25, -0.2) is 4.79 Å². The molecule has 7 nitrogen and oxygen atoms in total. The number of benzene rings is 3. The van der Waals surface area contributed by atoms with Gasteiger partial charge in [0, 0.05) is 10.2 Å². The SMILES string of the molecule is Cc1cc(Br)c(Cl)cc1NC(=O)COC(=O)c1cccc(N2C(=O)[C@@H]3CC[C@H](c4ccccc4)C[C@H]3C2=O)c1. The van der Waals surface area contributed by atoms with Gasteiger partial charge >= 0.3 is 5.97 Å². The van der Waals surface area contributed by atoms with Gasteiger partial charge in [0.05, 0.1) is 28.1 Å². The summed E-state index contributed by atoms with van der Waals surface area (Å²) in [4.78, 5) is 53.0. The molecule has 0 radical (unpaired) electrons. The van der Waals surface area contributed by atoms with Crippen molar-refractivity contribution in [3.63, 3.8) is 0 Å². The van der Waals surface area contributed by atoms with E-state index in [0.29, 0.717) is 33.7 Å². The van der Waals surface area contributed by atoms with E-state index in [2.05, 4.69) is 33.4 Å². The van der Waals surface area contributed by atoms with Crippen LogP contribution in [-0.4, -0.2) is 30.3 Å². The minimum absolute atomic E-state index is 0.140. The zero-order chi connectivity index (χ0) is 27.7. The van der Waals surface area contributed by atoms with Gasteiger partial charge in [-0.3, -0.25) is 19.3 Å². The minimum atomic E-state index is -0.738. The molecule has 0 aromatic heterocycles. The number of ether oxygens (including phenoxy) is 1. The van der Waals surface area contributed by atoms with Crippen LogP contribution in [0, 0.1) is 18.8 Å². The molecule has 5 rings (SSSR count). The summed E-state index contributed by atoms with van der Waals surface area (Å²) in [6.45, 7) is 1.30. The molecule has 2 aliphatic rings. The van der Waals surface area contributed by atoms with Crippen molar-refractivity contribution in [2.24, 2.45) is 11.8 Å². The summed E-state index contributed by atoms with van der Waals surface area (Å²) in [6.07, 6.45) is 2.11. The van der Waals surface area contributed by atoms with Gasteiger partial charge in [0.25, 0.3) is 5.91 Å². The number of imide groups is 1. The van der Waals surface area contributed by atoms with Gasteiger partial charge in [-0.05, 0) is 89.5 Å². The monoisotopic (exact) mass is 608 g/mol. The smallest absolute Gasteiger partial charge is 0.338 e. The quantitative estimate of drug-likeness (QED) is 0.262. The molecule has 1 N–H and O–H groups in total. The van der Waals surface area contributed by atoms with Gasteiger partial charge in [-0.2, -0.15) is 0 Å². The number of esters is 1. The molecule has 1 saturated carbocycles.